The smallest absolute Gasteiger partial charge is 0.253 e. The second kappa shape index (κ2) is 11.5. The first kappa shape index (κ1) is 26.0. The zero-order valence-corrected chi connectivity index (χ0v) is 22.9. The molecule has 0 radical (unpaired) electrons. The second-order valence-electron chi connectivity index (χ2n) is 10.5. The van der Waals surface area contributed by atoms with Gasteiger partial charge in [-0.05, 0) is 90.0 Å². The minimum absolute atomic E-state index is 0.153. The van der Waals surface area contributed by atoms with Gasteiger partial charge in [0.2, 0.25) is 0 Å². The van der Waals surface area contributed by atoms with Crippen molar-refractivity contribution in [2.75, 3.05) is 6.61 Å². The molecule has 1 N–H and O–H groups in total. The van der Waals surface area contributed by atoms with Gasteiger partial charge in [-0.1, -0.05) is 37.1 Å². The van der Waals surface area contributed by atoms with E-state index in [0.717, 1.165) is 59.2 Å². The second-order valence-corrected chi connectivity index (χ2v) is 10.5. The number of aryl methyl sites for hydroxylation is 1. The van der Waals surface area contributed by atoms with Crippen molar-refractivity contribution in [3.63, 3.8) is 0 Å². The van der Waals surface area contributed by atoms with Gasteiger partial charge in [0.25, 0.3) is 5.56 Å². The average Bonchev–Trinajstić information content (AvgIpc) is 3.74. The van der Waals surface area contributed by atoms with Crippen molar-refractivity contribution in [2.45, 2.75) is 64.7 Å². The molecule has 5 aromatic rings. The molecule has 0 saturated heterocycles. The Morgan fingerprint density at radius 2 is 1.93 bits per heavy atom. The van der Waals surface area contributed by atoms with E-state index in [0.29, 0.717) is 31.1 Å². The van der Waals surface area contributed by atoms with Crippen LogP contribution in [0.1, 0.15) is 73.0 Å². The number of pyridine rings is 1. The quantitative estimate of drug-likeness (QED) is 0.243. The van der Waals surface area contributed by atoms with Crippen molar-refractivity contribution in [3.05, 3.63) is 106 Å². The summed E-state index contributed by atoms with van der Waals surface area (Å²) in [5.41, 5.74) is 3.43. The van der Waals surface area contributed by atoms with Gasteiger partial charge >= 0.3 is 0 Å². The van der Waals surface area contributed by atoms with Gasteiger partial charge in [0.15, 0.2) is 5.82 Å². The van der Waals surface area contributed by atoms with Gasteiger partial charge in [-0.25, -0.2) is 4.68 Å². The number of benzene rings is 2. The van der Waals surface area contributed by atoms with Crippen LogP contribution in [0.5, 0.6) is 5.75 Å². The summed E-state index contributed by atoms with van der Waals surface area (Å²) in [4.78, 5) is 19.1. The fourth-order valence-corrected chi connectivity index (χ4v) is 5.76. The summed E-state index contributed by atoms with van der Waals surface area (Å²) in [7, 11) is 0. The van der Waals surface area contributed by atoms with Gasteiger partial charge in [-0.15, -0.1) is 5.10 Å². The van der Waals surface area contributed by atoms with Crippen molar-refractivity contribution in [1.29, 1.82) is 0 Å². The highest BCUT2D eigenvalue weighted by Gasteiger charge is 2.34. The van der Waals surface area contributed by atoms with Crippen LogP contribution in [-0.2, 0) is 13.1 Å². The zero-order valence-electron chi connectivity index (χ0n) is 22.9. The number of tetrazole rings is 1. The van der Waals surface area contributed by atoms with E-state index in [1.165, 1.54) is 0 Å². The van der Waals surface area contributed by atoms with Gasteiger partial charge in [0, 0.05) is 17.6 Å². The van der Waals surface area contributed by atoms with Crippen molar-refractivity contribution in [3.8, 4) is 5.75 Å². The highest BCUT2D eigenvalue weighted by molar-refractivity contribution is 5.79. The third kappa shape index (κ3) is 5.42. The Morgan fingerprint density at radius 1 is 1.10 bits per heavy atom. The summed E-state index contributed by atoms with van der Waals surface area (Å²) in [6.45, 7) is 5.61. The molecule has 0 spiro atoms. The number of ether oxygens (including phenoxy) is 1. The number of nitrogens with zero attached hydrogens (tertiary/aromatic N) is 5. The maximum atomic E-state index is 13.8. The molecule has 9 heteroatoms. The highest BCUT2D eigenvalue weighted by atomic mass is 16.5. The molecule has 40 heavy (non-hydrogen) atoms. The Kier molecular flexibility index (Phi) is 7.46. The summed E-state index contributed by atoms with van der Waals surface area (Å²) in [6, 6.07) is 19.7. The van der Waals surface area contributed by atoms with E-state index in [1.807, 2.05) is 61.0 Å². The maximum absolute atomic E-state index is 13.8. The largest absolute Gasteiger partial charge is 0.494 e. The number of nitrogens with one attached hydrogen (secondary N) is 1. The number of fused-ring (bicyclic) bond motifs is 1. The lowest BCUT2D eigenvalue weighted by Crippen LogP contribution is -2.35. The molecule has 0 aliphatic heterocycles. The lowest BCUT2D eigenvalue weighted by atomic mass is 10.0. The molecular weight excluding hydrogens is 504 g/mol. The number of furan rings is 1. The average molecular weight is 539 g/mol. The number of aromatic amines is 1. The Morgan fingerprint density at radius 3 is 2.67 bits per heavy atom. The third-order valence-corrected chi connectivity index (χ3v) is 7.68. The van der Waals surface area contributed by atoms with Crippen LogP contribution >= 0.6 is 0 Å². The van der Waals surface area contributed by atoms with Crippen LogP contribution in [0.4, 0.5) is 0 Å². The van der Waals surface area contributed by atoms with Crippen molar-refractivity contribution < 1.29 is 9.15 Å². The fourth-order valence-electron chi connectivity index (χ4n) is 5.76. The number of H-pyrrole nitrogens is 1. The molecule has 1 aliphatic carbocycles. The first-order chi connectivity index (χ1) is 19.6. The van der Waals surface area contributed by atoms with Crippen LogP contribution in [0.3, 0.4) is 0 Å². The molecule has 206 valence electrons. The molecule has 3 aromatic heterocycles. The summed E-state index contributed by atoms with van der Waals surface area (Å²) >= 11 is 0. The van der Waals surface area contributed by atoms with Gasteiger partial charge < -0.3 is 14.1 Å². The fraction of sp³-hybridized carbons (Fsp3) is 0.355. The Bertz CT molecular complexity index is 1620. The Balaban J connectivity index is 1.49. The highest BCUT2D eigenvalue weighted by Crippen LogP contribution is 2.35. The van der Waals surface area contributed by atoms with Crippen LogP contribution in [0.25, 0.3) is 10.9 Å². The molecular formula is C31H34N6O3. The van der Waals surface area contributed by atoms with Crippen LogP contribution in [-0.4, -0.2) is 36.7 Å². The van der Waals surface area contributed by atoms with Gasteiger partial charge in [-0.3, -0.25) is 9.69 Å². The lowest BCUT2D eigenvalue weighted by molar-refractivity contribution is 0.176. The molecule has 1 saturated carbocycles. The topological polar surface area (TPSA) is 102 Å². The molecule has 2 aromatic carbocycles. The number of aromatic nitrogens is 5. The van der Waals surface area contributed by atoms with Crippen LogP contribution in [0.2, 0.25) is 0 Å². The van der Waals surface area contributed by atoms with Crippen molar-refractivity contribution in [1.82, 2.24) is 30.1 Å². The normalized spacial score (nSPS) is 14.8. The molecule has 0 amide bonds. The van der Waals surface area contributed by atoms with Crippen molar-refractivity contribution >= 4 is 10.9 Å². The predicted molar refractivity (Wildman–Crippen MR) is 152 cm³/mol. The van der Waals surface area contributed by atoms with Gasteiger partial charge in [-0.2, -0.15) is 0 Å². The van der Waals surface area contributed by atoms with Gasteiger partial charge in [0.05, 0.1) is 25.5 Å². The first-order valence-corrected chi connectivity index (χ1v) is 14.0. The SMILES string of the molecule is CCOc1ccc(CN(Cc2ccco2)[C@@H](c2cc3ccc(C)cc3[nH]c2=O)c2nnnn2C2CCCC2)cc1. The Hall–Kier alpha value is -4.24. The number of hydrogen-bond acceptors (Lipinski definition) is 7. The molecule has 1 atom stereocenters. The van der Waals surface area contributed by atoms with E-state index in [4.69, 9.17) is 9.15 Å². The molecule has 0 unspecified atom stereocenters. The standard InChI is InChI=1S/C31H34N6O3/c1-3-39-25-14-11-22(12-15-25)19-36(20-26-9-6-16-40-26)29(30-33-34-35-37(30)24-7-4-5-8-24)27-18-23-13-10-21(2)17-28(23)32-31(27)38/h6,9-18,24,29H,3-5,7-8,19-20H2,1-2H3,(H,32,38)/t29-/m0/s1. The minimum atomic E-state index is -0.512. The maximum Gasteiger partial charge on any atom is 0.253 e. The molecule has 3 heterocycles. The van der Waals surface area contributed by atoms with Gasteiger partial charge in [0.1, 0.15) is 17.6 Å². The van der Waals surface area contributed by atoms with E-state index in [2.05, 4.69) is 43.6 Å². The van der Waals surface area contributed by atoms with Crippen LogP contribution in [0, 0.1) is 6.92 Å². The molecule has 0 bridgehead atoms. The van der Waals surface area contributed by atoms with Crippen molar-refractivity contribution in [2.24, 2.45) is 0 Å². The summed E-state index contributed by atoms with van der Waals surface area (Å²) in [5.74, 6) is 2.29. The summed E-state index contributed by atoms with van der Waals surface area (Å²) < 4.78 is 13.4. The Labute approximate surface area is 232 Å². The van der Waals surface area contributed by atoms with Crippen LogP contribution in [0.15, 0.2) is 76.1 Å². The van der Waals surface area contributed by atoms with E-state index < -0.39 is 6.04 Å². The minimum Gasteiger partial charge on any atom is -0.494 e. The molecule has 1 fully saturated rings. The van der Waals surface area contributed by atoms with E-state index >= 15 is 0 Å². The number of hydrogen-bond donors (Lipinski definition) is 1. The molecule has 9 nitrogen and oxygen atoms in total. The summed E-state index contributed by atoms with van der Waals surface area (Å²) in [6.07, 6.45) is 6.01. The number of rotatable bonds is 10. The first-order valence-electron chi connectivity index (χ1n) is 14.0. The third-order valence-electron chi connectivity index (χ3n) is 7.68. The predicted octanol–water partition coefficient (Wildman–Crippen LogP) is 5.72. The van der Waals surface area contributed by atoms with E-state index in [1.54, 1.807) is 6.26 Å². The van der Waals surface area contributed by atoms with E-state index in [9.17, 15) is 4.79 Å². The molecule has 6 rings (SSSR count). The summed E-state index contributed by atoms with van der Waals surface area (Å²) in [5, 5.41) is 14.1. The lowest BCUT2D eigenvalue weighted by Gasteiger charge is -2.31. The zero-order chi connectivity index (χ0) is 27.5. The van der Waals surface area contributed by atoms with E-state index in [-0.39, 0.29) is 11.6 Å². The molecule has 1 aliphatic rings. The van der Waals surface area contributed by atoms with Crippen LogP contribution < -0.4 is 10.3 Å². The monoisotopic (exact) mass is 538 g/mol.